The van der Waals surface area contributed by atoms with Crippen molar-refractivity contribution in [1.29, 1.82) is 0 Å². The Morgan fingerprint density at radius 1 is 0.886 bits per heavy atom. The van der Waals surface area contributed by atoms with Crippen LogP contribution in [0.1, 0.15) is 37.9 Å². The Kier molecular flexibility index (Phi) is 8.02. The van der Waals surface area contributed by atoms with Gasteiger partial charge in [-0.3, -0.25) is 25.1 Å². The molecule has 1 aliphatic heterocycles. The number of nitro groups is 1. The van der Waals surface area contributed by atoms with Gasteiger partial charge in [-0.15, -0.1) is 0 Å². The van der Waals surface area contributed by atoms with Gasteiger partial charge in [-0.05, 0) is 41.5 Å². The normalized spacial score (nSPS) is 13.6. The first-order valence-corrected chi connectivity index (χ1v) is 14.1. The lowest BCUT2D eigenvalue weighted by Gasteiger charge is -2.40. The fourth-order valence-electron chi connectivity index (χ4n) is 5.58. The average molecular weight is 592 g/mol. The van der Waals surface area contributed by atoms with Crippen LogP contribution in [0.2, 0.25) is 0 Å². The van der Waals surface area contributed by atoms with Crippen molar-refractivity contribution >= 4 is 40.4 Å². The molecular weight excluding hydrogens is 562 g/mol. The lowest BCUT2D eigenvalue weighted by Crippen LogP contribution is -2.48. The number of amides is 1. The summed E-state index contributed by atoms with van der Waals surface area (Å²) >= 11 is 0. The second kappa shape index (κ2) is 12.4. The number of piperazine rings is 1. The standard InChI is InChI=1S/C33H29N5O6/c1-43-32(40)25-13-15-29-26(20-25)34-33(44-29)35-31(39)24-12-14-27(28(21-24)38(41)42)36-16-18-37(19-17-36)30(22-8-4-2-5-9-22)23-10-6-3-7-11-23/h2-15,20-21,30H,16-19H2,1H3,(H,34,35,39). The van der Waals surface area contributed by atoms with Gasteiger partial charge < -0.3 is 14.1 Å². The van der Waals surface area contributed by atoms with Gasteiger partial charge in [0.25, 0.3) is 11.6 Å². The zero-order valence-electron chi connectivity index (χ0n) is 23.9. The molecule has 0 spiro atoms. The predicted molar refractivity (Wildman–Crippen MR) is 165 cm³/mol. The van der Waals surface area contributed by atoms with Crippen molar-refractivity contribution in [3.63, 3.8) is 0 Å². The minimum Gasteiger partial charge on any atom is -0.465 e. The number of esters is 1. The van der Waals surface area contributed by atoms with Gasteiger partial charge >= 0.3 is 12.0 Å². The maximum Gasteiger partial charge on any atom is 0.337 e. The monoisotopic (exact) mass is 591 g/mol. The summed E-state index contributed by atoms with van der Waals surface area (Å²) in [5.74, 6) is -1.14. The number of anilines is 2. The molecule has 222 valence electrons. The zero-order chi connectivity index (χ0) is 30.6. The third-order valence-electron chi connectivity index (χ3n) is 7.71. The first-order valence-electron chi connectivity index (χ1n) is 14.1. The summed E-state index contributed by atoms with van der Waals surface area (Å²) in [7, 11) is 1.28. The molecular formula is C33H29N5O6. The second-order valence-electron chi connectivity index (χ2n) is 10.4. The maximum absolute atomic E-state index is 13.0. The number of ether oxygens (including phenoxy) is 1. The smallest absolute Gasteiger partial charge is 0.337 e. The third kappa shape index (κ3) is 5.86. The van der Waals surface area contributed by atoms with E-state index in [1.54, 1.807) is 18.2 Å². The molecule has 0 bridgehead atoms. The SMILES string of the molecule is COC(=O)c1ccc2oc(NC(=O)c3ccc(N4CCN(C(c5ccccc5)c5ccccc5)CC4)c([N+](=O)[O-])c3)nc2c1. The first kappa shape index (κ1) is 28.6. The number of methoxy groups -OCH3 is 1. The summed E-state index contributed by atoms with van der Waals surface area (Å²) in [6, 6.07) is 29.6. The largest absolute Gasteiger partial charge is 0.465 e. The van der Waals surface area contributed by atoms with E-state index in [-0.39, 0.29) is 28.9 Å². The summed E-state index contributed by atoms with van der Waals surface area (Å²) in [4.78, 5) is 45.1. The zero-order valence-corrected chi connectivity index (χ0v) is 23.9. The fourth-order valence-corrected chi connectivity index (χ4v) is 5.58. The Morgan fingerprint density at radius 3 is 2.14 bits per heavy atom. The number of hydrogen-bond donors (Lipinski definition) is 1. The van der Waals surface area contributed by atoms with Gasteiger partial charge in [-0.2, -0.15) is 4.98 Å². The molecule has 11 nitrogen and oxygen atoms in total. The number of nitrogens with zero attached hydrogens (tertiary/aromatic N) is 4. The molecule has 0 saturated carbocycles. The summed E-state index contributed by atoms with van der Waals surface area (Å²) in [5.41, 5.74) is 3.76. The summed E-state index contributed by atoms with van der Waals surface area (Å²) in [5, 5.41) is 14.7. The number of oxazole rings is 1. The van der Waals surface area contributed by atoms with E-state index in [1.165, 1.54) is 36.4 Å². The maximum atomic E-state index is 13.0. The van der Waals surface area contributed by atoms with Gasteiger partial charge in [0, 0.05) is 37.8 Å². The van der Waals surface area contributed by atoms with Crippen LogP contribution in [-0.4, -0.2) is 60.0 Å². The van der Waals surface area contributed by atoms with E-state index in [9.17, 15) is 19.7 Å². The number of hydrogen-bond acceptors (Lipinski definition) is 9. The van der Waals surface area contributed by atoms with Crippen molar-refractivity contribution in [2.45, 2.75) is 6.04 Å². The molecule has 1 aromatic heterocycles. The lowest BCUT2D eigenvalue weighted by molar-refractivity contribution is -0.384. The van der Waals surface area contributed by atoms with E-state index in [0.717, 1.165) is 0 Å². The van der Waals surface area contributed by atoms with E-state index in [4.69, 9.17) is 9.15 Å². The summed E-state index contributed by atoms with van der Waals surface area (Å²) < 4.78 is 10.3. The molecule has 1 aliphatic rings. The van der Waals surface area contributed by atoms with Crippen molar-refractivity contribution in [3.8, 4) is 0 Å². The van der Waals surface area contributed by atoms with Crippen LogP contribution < -0.4 is 10.2 Å². The molecule has 0 atom stereocenters. The van der Waals surface area contributed by atoms with Crippen molar-refractivity contribution in [3.05, 3.63) is 129 Å². The quantitative estimate of drug-likeness (QED) is 0.137. The van der Waals surface area contributed by atoms with E-state index >= 15 is 0 Å². The number of carbonyl (C=O) groups excluding carboxylic acids is 2. The van der Waals surface area contributed by atoms with Crippen LogP contribution >= 0.6 is 0 Å². The second-order valence-corrected chi connectivity index (χ2v) is 10.4. The Labute approximate surface area is 252 Å². The molecule has 1 amide bonds. The topological polar surface area (TPSA) is 131 Å². The highest BCUT2D eigenvalue weighted by Gasteiger charge is 2.29. The highest BCUT2D eigenvalue weighted by atomic mass is 16.6. The molecule has 0 aliphatic carbocycles. The van der Waals surface area contributed by atoms with Crippen molar-refractivity contribution in [2.24, 2.45) is 0 Å². The summed E-state index contributed by atoms with van der Waals surface area (Å²) in [6.45, 7) is 2.56. The molecule has 0 unspecified atom stereocenters. The molecule has 1 fully saturated rings. The van der Waals surface area contributed by atoms with Gasteiger partial charge in [0.15, 0.2) is 5.58 Å². The highest BCUT2D eigenvalue weighted by Crippen LogP contribution is 2.34. The Bertz CT molecular complexity index is 1780. The van der Waals surface area contributed by atoms with E-state index in [1.807, 2.05) is 41.3 Å². The number of rotatable bonds is 8. The Hall–Kier alpha value is -5.55. The van der Waals surface area contributed by atoms with Crippen LogP contribution in [0.25, 0.3) is 11.1 Å². The first-order chi connectivity index (χ1) is 21.4. The van der Waals surface area contributed by atoms with E-state index in [2.05, 4.69) is 39.5 Å². The van der Waals surface area contributed by atoms with Gasteiger partial charge in [0.05, 0.1) is 23.6 Å². The van der Waals surface area contributed by atoms with Gasteiger partial charge in [-0.1, -0.05) is 60.7 Å². The molecule has 5 aromatic rings. The average Bonchev–Trinajstić information content (AvgIpc) is 3.47. The van der Waals surface area contributed by atoms with Gasteiger partial charge in [0.1, 0.15) is 11.2 Å². The number of carbonyl (C=O) groups is 2. The summed E-state index contributed by atoms with van der Waals surface area (Å²) in [6.07, 6.45) is 0. The number of nitro benzene ring substituents is 1. The van der Waals surface area contributed by atoms with E-state index < -0.39 is 16.8 Å². The molecule has 0 radical (unpaired) electrons. The number of nitrogens with one attached hydrogen (secondary N) is 1. The van der Waals surface area contributed by atoms with E-state index in [0.29, 0.717) is 43.0 Å². The molecule has 11 heteroatoms. The van der Waals surface area contributed by atoms with Crippen LogP contribution in [-0.2, 0) is 4.74 Å². The molecule has 44 heavy (non-hydrogen) atoms. The predicted octanol–water partition coefficient (Wildman–Crippen LogP) is 5.69. The van der Waals surface area contributed by atoms with Crippen molar-refractivity contribution in [1.82, 2.24) is 9.88 Å². The number of benzene rings is 4. The molecule has 1 saturated heterocycles. The van der Waals surface area contributed by atoms with Gasteiger partial charge in [-0.25, -0.2) is 4.79 Å². The Balaban J connectivity index is 1.18. The minimum atomic E-state index is -0.613. The lowest BCUT2D eigenvalue weighted by atomic mass is 9.96. The molecule has 4 aromatic carbocycles. The molecule has 2 heterocycles. The van der Waals surface area contributed by atoms with Crippen LogP contribution in [0.3, 0.4) is 0 Å². The van der Waals surface area contributed by atoms with Crippen LogP contribution in [0.5, 0.6) is 0 Å². The van der Waals surface area contributed by atoms with Crippen molar-refractivity contribution < 1.29 is 23.7 Å². The highest BCUT2D eigenvalue weighted by molar-refractivity contribution is 6.04. The molecule has 1 N–H and O–H groups in total. The minimum absolute atomic E-state index is 0.0690. The van der Waals surface area contributed by atoms with Crippen molar-refractivity contribution in [2.75, 3.05) is 43.5 Å². The third-order valence-corrected chi connectivity index (χ3v) is 7.71. The van der Waals surface area contributed by atoms with Crippen LogP contribution in [0.4, 0.5) is 17.4 Å². The number of fused-ring (bicyclic) bond motifs is 1. The van der Waals surface area contributed by atoms with Gasteiger partial charge in [0.2, 0.25) is 0 Å². The van der Waals surface area contributed by atoms with Crippen LogP contribution in [0, 0.1) is 10.1 Å². The fraction of sp³-hybridized carbons (Fsp3) is 0.182. The Morgan fingerprint density at radius 2 is 1.52 bits per heavy atom. The van der Waals surface area contributed by atoms with Crippen LogP contribution in [0.15, 0.2) is 101 Å². The number of aromatic nitrogens is 1. The molecule has 6 rings (SSSR count).